The highest BCUT2D eigenvalue weighted by Gasteiger charge is 2.54. The Kier molecular flexibility index (Phi) is 12.0. The van der Waals surface area contributed by atoms with Crippen molar-refractivity contribution < 1.29 is 0 Å². The normalized spacial score (nSPS) is 47.9. The average Bonchev–Trinajstić information content (AvgIpc) is 3.84. The van der Waals surface area contributed by atoms with E-state index in [0.717, 1.165) is 101 Å². The van der Waals surface area contributed by atoms with Gasteiger partial charge >= 0.3 is 0 Å². The molecule has 53 heavy (non-hydrogen) atoms. The molecular formula is C52H87N. The van der Waals surface area contributed by atoms with Crippen LogP contribution in [0.15, 0.2) is 0 Å². The van der Waals surface area contributed by atoms with Gasteiger partial charge in [0.1, 0.15) is 0 Å². The fraction of sp³-hybridized carbons (Fsp3) is 1.00. The zero-order valence-corrected chi connectivity index (χ0v) is 35.0. The third-order valence-corrected chi connectivity index (χ3v) is 21.0. The molecule has 0 amide bonds. The standard InChI is InChI=1S/C52H87N/c1-4-11-36(12-5-1)38-23-27-48(28-24-38)53(47-16-8-3-9-17-47)49-29-25-39(26-30-49)41-20-22-43-32-44-15-10-18-50(52(44)51(43)35-41)42-21-19-40-31-45(34-46(40)33-42)37-13-6-2-7-14-37/h36-52H,1-35H2. The number of rotatable bonds is 7. The highest BCUT2D eigenvalue weighted by Crippen LogP contribution is 2.62. The molecule has 10 atom stereocenters. The number of hydrogen-bond donors (Lipinski definition) is 0. The van der Waals surface area contributed by atoms with E-state index >= 15 is 0 Å². The molecule has 0 bridgehead atoms. The molecule has 10 aliphatic carbocycles. The van der Waals surface area contributed by atoms with E-state index in [2.05, 4.69) is 4.90 Å². The van der Waals surface area contributed by atoms with Crippen LogP contribution in [0, 0.1) is 82.9 Å². The second-order valence-corrected chi connectivity index (χ2v) is 23.2. The highest BCUT2D eigenvalue weighted by atomic mass is 15.2. The second kappa shape index (κ2) is 17.1. The van der Waals surface area contributed by atoms with E-state index in [-0.39, 0.29) is 0 Å². The molecule has 10 unspecified atom stereocenters. The first-order valence-electron chi connectivity index (χ1n) is 26.0. The third kappa shape index (κ3) is 7.92. The van der Waals surface area contributed by atoms with Crippen molar-refractivity contribution in [2.45, 2.75) is 243 Å². The fourth-order valence-electron chi connectivity index (χ4n) is 18.6. The fourth-order valence-corrected chi connectivity index (χ4v) is 18.6. The molecule has 0 radical (unpaired) electrons. The summed E-state index contributed by atoms with van der Waals surface area (Å²) in [5, 5.41) is 0. The van der Waals surface area contributed by atoms with Crippen molar-refractivity contribution in [3.63, 3.8) is 0 Å². The zero-order valence-electron chi connectivity index (χ0n) is 35.0. The second-order valence-electron chi connectivity index (χ2n) is 23.2. The summed E-state index contributed by atoms with van der Waals surface area (Å²) in [5.41, 5.74) is 0. The van der Waals surface area contributed by atoms with Crippen LogP contribution in [-0.2, 0) is 0 Å². The number of nitrogens with zero attached hydrogens (tertiary/aromatic N) is 1. The van der Waals surface area contributed by atoms with E-state index in [4.69, 9.17) is 0 Å². The molecule has 10 saturated carbocycles. The lowest BCUT2D eigenvalue weighted by Crippen LogP contribution is -2.52. The van der Waals surface area contributed by atoms with Crippen LogP contribution in [0.25, 0.3) is 0 Å². The smallest absolute Gasteiger partial charge is 0.0101 e. The van der Waals surface area contributed by atoms with E-state index in [1.165, 1.54) is 57.8 Å². The molecule has 0 spiro atoms. The molecular weight excluding hydrogens is 639 g/mol. The van der Waals surface area contributed by atoms with Crippen LogP contribution in [-0.4, -0.2) is 23.0 Å². The monoisotopic (exact) mass is 726 g/mol. The van der Waals surface area contributed by atoms with Gasteiger partial charge in [0, 0.05) is 18.1 Å². The largest absolute Gasteiger partial charge is 0.294 e. The first kappa shape index (κ1) is 37.2. The first-order chi connectivity index (χ1) is 26.2. The molecule has 10 aliphatic rings. The summed E-state index contributed by atoms with van der Waals surface area (Å²) < 4.78 is 0. The predicted molar refractivity (Wildman–Crippen MR) is 224 cm³/mol. The Hall–Kier alpha value is -0.0400. The maximum Gasteiger partial charge on any atom is 0.0101 e. The minimum Gasteiger partial charge on any atom is -0.294 e. The predicted octanol–water partition coefficient (Wildman–Crippen LogP) is 14.8. The molecule has 0 heterocycles. The summed E-state index contributed by atoms with van der Waals surface area (Å²) in [6, 6.07) is 2.81. The topological polar surface area (TPSA) is 3.24 Å². The Labute approximate surface area is 329 Å². The van der Waals surface area contributed by atoms with Gasteiger partial charge in [-0.25, -0.2) is 0 Å². The summed E-state index contributed by atoms with van der Waals surface area (Å²) >= 11 is 0. The van der Waals surface area contributed by atoms with Crippen LogP contribution >= 0.6 is 0 Å². The maximum atomic E-state index is 3.30. The Morgan fingerprint density at radius 3 is 1.23 bits per heavy atom. The lowest BCUT2D eigenvalue weighted by atomic mass is 9.58. The van der Waals surface area contributed by atoms with E-state index < -0.39 is 0 Å². The molecule has 0 aromatic heterocycles. The highest BCUT2D eigenvalue weighted by molar-refractivity contribution is 5.03. The van der Waals surface area contributed by atoms with Gasteiger partial charge in [-0.2, -0.15) is 0 Å². The lowest BCUT2D eigenvalue weighted by Gasteiger charge is -2.51. The van der Waals surface area contributed by atoms with E-state index in [0.29, 0.717) is 0 Å². The Balaban J connectivity index is 0.758. The van der Waals surface area contributed by atoms with Crippen molar-refractivity contribution in [1.29, 1.82) is 0 Å². The summed E-state index contributed by atoms with van der Waals surface area (Å²) in [5.74, 6) is 15.7. The van der Waals surface area contributed by atoms with Gasteiger partial charge in [-0.05, 0) is 211 Å². The maximum absolute atomic E-state index is 3.30. The first-order valence-corrected chi connectivity index (χ1v) is 26.0. The van der Waals surface area contributed by atoms with Gasteiger partial charge < -0.3 is 0 Å². The molecule has 10 rings (SSSR count). The summed E-state index contributed by atoms with van der Waals surface area (Å²) in [6.45, 7) is 0. The molecule has 1 nitrogen and oxygen atoms in total. The van der Waals surface area contributed by atoms with E-state index in [1.54, 1.807) is 167 Å². The molecule has 0 aromatic rings. The third-order valence-electron chi connectivity index (χ3n) is 21.0. The van der Waals surface area contributed by atoms with Gasteiger partial charge in [0.25, 0.3) is 0 Å². The van der Waals surface area contributed by atoms with Gasteiger partial charge in [-0.3, -0.25) is 4.90 Å². The number of fused-ring (bicyclic) bond motifs is 4. The molecule has 300 valence electrons. The summed E-state index contributed by atoms with van der Waals surface area (Å²) in [4.78, 5) is 3.30. The van der Waals surface area contributed by atoms with Crippen LogP contribution in [0.2, 0.25) is 0 Å². The molecule has 0 saturated heterocycles. The van der Waals surface area contributed by atoms with Crippen LogP contribution in [0.1, 0.15) is 225 Å². The van der Waals surface area contributed by atoms with Crippen molar-refractivity contribution in [1.82, 2.24) is 4.90 Å². The average molecular weight is 726 g/mol. The Bertz CT molecular complexity index is 1130. The number of hydrogen-bond acceptors (Lipinski definition) is 1. The molecule has 0 aliphatic heterocycles. The van der Waals surface area contributed by atoms with Crippen molar-refractivity contribution in [3.05, 3.63) is 0 Å². The van der Waals surface area contributed by atoms with Crippen molar-refractivity contribution in [2.75, 3.05) is 0 Å². The summed E-state index contributed by atoms with van der Waals surface area (Å²) in [7, 11) is 0. The van der Waals surface area contributed by atoms with Crippen molar-refractivity contribution >= 4 is 0 Å². The van der Waals surface area contributed by atoms with Gasteiger partial charge in [-0.15, -0.1) is 0 Å². The Morgan fingerprint density at radius 1 is 0.208 bits per heavy atom. The van der Waals surface area contributed by atoms with Gasteiger partial charge in [0.15, 0.2) is 0 Å². The van der Waals surface area contributed by atoms with E-state index in [1.807, 2.05) is 0 Å². The molecule has 1 heteroatoms. The molecule has 0 N–H and O–H groups in total. The quantitative estimate of drug-likeness (QED) is 0.253. The molecule has 10 fully saturated rings. The SMILES string of the molecule is C1CCC(C2CCC(N(C3CCCCC3)C3CCC(C4CCC5CC6CCCC(C7CCC8CC(C9CCCCC9)CC8C7)C6C5C4)CC3)CC2)CC1. The minimum absolute atomic E-state index is 0.934. The van der Waals surface area contributed by atoms with E-state index in [9.17, 15) is 0 Å². The van der Waals surface area contributed by atoms with Gasteiger partial charge in [0.2, 0.25) is 0 Å². The van der Waals surface area contributed by atoms with Gasteiger partial charge in [0.05, 0.1) is 0 Å². The van der Waals surface area contributed by atoms with Crippen LogP contribution in [0.5, 0.6) is 0 Å². The molecule has 0 aromatic carbocycles. The minimum atomic E-state index is 0.934. The zero-order chi connectivity index (χ0) is 35.1. The van der Waals surface area contributed by atoms with Crippen molar-refractivity contribution in [3.8, 4) is 0 Å². The van der Waals surface area contributed by atoms with Gasteiger partial charge in [-0.1, -0.05) is 96.3 Å². The van der Waals surface area contributed by atoms with Crippen LogP contribution < -0.4 is 0 Å². The summed E-state index contributed by atoms with van der Waals surface area (Å²) in [6.07, 6.45) is 55.4. The van der Waals surface area contributed by atoms with Crippen LogP contribution in [0.3, 0.4) is 0 Å². The van der Waals surface area contributed by atoms with Crippen molar-refractivity contribution in [2.24, 2.45) is 82.9 Å². The Morgan fingerprint density at radius 2 is 0.585 bits per heavy atom. The van der Waals surface area contributed by atoms with Crippen LogP contribution in [0.4, 0.5) is 0 Å². The lowest BCUT2D eigenvalue weighted by molar-refractivity contribution is -0.00869.